The molecule has 1 aromatic rings. The van der Waals surface area contributed by atoms with E-state index in [9.17, 15) is 9.50 Å². The number of benzene rings is 1. The number of ether oxygens (including phenoxy) is 1. The minimum absolute atomic E-state index is 0.0270. The molecule has 2 nitrogen and oxygen atoms in total. The highest BCUT2D eigenvalue weighted by Gasteiger charge is 2.23. The average molecular weight is 224 g/mol. The molecular weight excluding hydrogens is 207 g/mol. The maximum atomic E-state index is 13.5. The average Bonchev–Trinajstić information content (AvgIpc) is 2.80. The van der Waals surface area contributed by atoms with E-state index in [-0.39, 0.29) is 24.4 Å². The van der Waals surface area contributed by atoms with Gasteiger partial charge < -0.3 is 9.84 Å². The molecule has 1 N–H and O–H groups in total. The summed E-state index contributed by atoms with van der Waals surface area (Å²) in [6.45, 7) is 0.765. The molecule has 2 atom stereocenters. The van der Waals surface area contributed by atoms with Gasteiger partial charge in [-0.15, -0.1) is 0 Å². The third kappa shape index (κ3) is 2.60. The van der Waals surface area contributed by atoms with Gasteiger partial charge in [-0.25, -0.2) is 4.39 Å². The fraction of sp³-hybridized carbons (Fsp3) is 0.538. The third-order valence-corrected chi connectivity index (χ3v) is 3.14. The van der Waals surface area contributed by atoms with Crippen molar-refractivity contribution in [3.63, 3.8) is 0 Å². The Balaban J connectivity index is 2.06. The standard InChI is InChI=1S/C13H17FO2/c14-13-6-2-1-5-12(13)10(9-15)8-11-4-3-7-16-11/h1-2,5-6,10-11,15H,3-4,7-9H2. The van der Waals surface area contributed by atoms with Gasteiger partial charge in [-0.05, 0) is 30.9 Å². The predicted octanol–water partition coefficient (Wildman–Crippen LogP) is 2.47. The van der Waals surface area contributed by atoms with Crippen LogP contribution in [0.5, 0.6) is 0 Å². The lowest BCUT2D eigenvalue weighted by atomic mass is 9.92. The first kappa shape index (κ1) is 11.6. The van der Waals surface area contributed by atoms with Crippen LogP contribution in [0.25, 0.3) is 0 Å². The molecule has 0 radical (unpaired) electrons. The van der Waals surface area contributed by atoms with Gasteiger partial charge in [0, 0.05) is 12.5 Å². The third-order valence-electron chi connectivity index (χ3n) is 3.14. The quantitative estimate of drug-likeness (QED) is 0.851. The lowest BCUT2D eigenvalue weighted by Gasteiger charge is -2.19. The number of hydrogen-bond acceptors (Lipinski definition) is 2. The molecule has 1 aliphatic rings. The number of hydrogen-bond donors (Lipinski definition) is 1. The first-order chi connectivity index (χ1) is 7.81. The van der Waals surface area contributed by atoms with E-state index in [1.807, 2.05) is 0 Å². The minimum Gasteiger partial charge on any atom is -0.396 e. The normalized spacial score (nSPS) is 22.2. The van der Waals surface area contributed by atoms with Crippen LogP contribution in [-0.2, 0) is 4.74 Å². The summed E-state index contributed by atoms with van der Waals surface area (Å²) in [5, 5.41) is 9.34. The Hall–Kier alpha value is -0.930. The fourth-order valence-electron chi connectivity index (χ4n) is 2.25. The van der Waals surface area contributed by atoms with E-state index in [1.54, 1.807) is 18.2 Å². The zero-order chi connectivity index (χ0) is 11.4. The van der Waals surface area contributed by atoms with Crippen molar-refractivity contribution in [3.8, 4) is 0 Å². The van der Waals surface area contributed by atoms with Crippen LogP contribution >= 0.6 is 0 Å². The summed E-state index contributed by atoms with van der Waals surface area (Å²) in [7, 11) is 0. The van der Waals surface area contributed by atoms with Gasteiger partial charge in [-0.3, -0.25) is 0 Å². The van der Waals surface area contributed by atoms with E-state index >= 15 is 0 Å². The molecule has 0 saturated carbocycles. The number of aliphatic hydroxyl groups is 1. The summed E-state index contributed by atoms with van der Waals surface area (Å²) >= 11 is 0. The zero-order valence-corrected chi connectivity index (χ0v) is 9.23. The lowest BCUT2D eigenvalue weighted by Crippen LogP contribution is -2.15. The highest BCUT2D eigenvalue weighted by Crippen LogP contribution is 2.28. The molecule has 16 heavy (non-hydrogen) atoms. The van der Waals surface area contributed by atoms with E-state index in [0.717, 1.165) is 19.4 Å². The first-order valence-electron chi connectivity index (χ1n) is 5.78. The maximum absolute atomic E-state index is 13.5. The van der Waals surface area contributed by atoms with Gasteiger partial charge in [-0.2, -0.15) is 0 Å². The summed E-state index contributed by atoms with van der Waals surface area (Å²) in [4.78, 5) is 0. The number of aliphatic hydroxyl groups excluding tert-OH is 1. The van der Waals surface area contributed by atoms with Gasteiger partial charge in [0.25, 0.3) is 0 Å². The van der Waals surface area contributed by atoms with Crippen molar-refractivity contribution in [2.45, 2.75) is 31.3 Å². The van der Waals surface area contributed by atoms with Crippen molar-refractivity contribution in [2.24, 2.45) is 0 Å². The van der Waals surface area contributed by atoms with Gasteiger partial charge >= 0.3 is 0 Å². The molecule has 0 amide bonds. The molecule has 3 heteroatoms. The SMILES string of the molecule is OCC(CC1CCCO1)c1ccccc1F. The maximum Gasteiger partial charge on any atom is 0.126 e. The minimum atomic E-state index is -0.237. The van der Waals surface area contributed by atoms with Gasteiger partial charge in [-0.1, -0.05) is 18.2 Å². The summed E-state index contributed by atoms with van der Waals surface area (Å²) in [6.07, 6.45) is 2.97. The van der Waals surface area contributed by atoms with Crippen LogP contribution in [0, 0.1) is 5.82 Å². The molecular formula is C13H17FO2. The van der Waals surface area contributed by atoms with Gasteiger partial charge in [0.1, 0.15) is 5.82 Å². The molecule has 0 bridgehead atoms. The van der Waals surface area contributed by atoms with Gasteiger partial charge in [0.05, 0.1) is 12.7 Å². The van der Waals surface area contributed by atoms with Crippen LogP contribution in [0.1, 0.15) is 30.7 Å². The Kier molecular flexibility index (Phi) is 3.91. The Morgan fingerprint density at radius 2 is 2.25 bits per heavy atom. The van der Waals surface area contributed by atoms with E-state index in [1.165, 1.54) is 6.07 Å². The molecule has 1 heterocycles. The molecule has 1 saturated heterocycles. The van der Waals surface area contributed by atoms with Crippen molar-refractivity contribution < 1.29 is 14.2 Å². The zero-order valence-electron chi connectivity index (χ0n) is 9.23. The second-order valence-corrected chi connectivity index (χ2v) is 4.27. The van der Waals surface area contributed by atoms with Crippen molar-refractivity contribution in [1.29, 1.82) is 0 Å². The molecule has 0 spiro atoms. The van der Waals surface area contributed by atoms with Crippen LogP contribution < -0.4 is 0 Å². The van der Waals surface area contributed by atoms with Crippen LogP contribution in [0.4, 0.5) is 4.39 Å². The molecule has 0 aromatic heterocycles. The Morgan fingerprint density at radius 1 is 1.44 bits per heavy atom. The largest absolute Gasteiger partial charge is 0.396 e. The second-order valence-electron chi connectivity index (χ2n) is 4.27. The van der Waals surface area contributed by atoms with Crippen LogP contribution in [0.15, 0.2) is 24.3 Å². The molecule has 2 rings (SSSR count). The topological polar surface area (TPSA) is 29.5 Å². The number of halogens is 1. The highest BCUT2D eigenvalue weighted by molar-refractivity contribution is 5.22. The molecule has 2 unspecified atom stereocenters. The Morgan fingerprint density at radius 3 is 2.88 bits per heavy atom. The summed E-state index contributed by atoms with van der Waals surface area (Å²) in [5.74, 6) is -0.385. The summed E-state index contributed by atoms with van der Waals surface area (Å²) < 4.78 is 19.1. The van der Waals surface area contributed by atoms with Crippen LogP contribution in [-0.4, -0.2) is 24.4 Å². The smallest absolute Gasteiger partial charge is 0.126 e. The summed E-state index contributed by atoms with van der Waals surface area (Å²) in [6, 6.07) is 6.65. The van der Waals surface area contributed by atoms with Gasteiger partial charge in [0.2, 0.25) is 0 Å². The van der Waals surface area contributed by atoms with Crippen LogP contribution in [0.2, 0.25) is 0 Å². The second kappa shape index (κ2) is 5.41. The molecule has 1 aromatic carbocycles. The predicted molar refractivity (Wildman–Crippen MR) is 59.8 cm³/mol. The Bertz CT molecular complexity index is 334. The fourth-order valence-corrected chi connectivity index (χ4v) is 2.25. The van der Waals surface area contributed by atoms with E-state index in [2.05, 4.69) is 0 Å². The van der Waals surface area contributed by atoms with E-state index in [0.29, 0.717) is 12.0 Å². The molecule has 1 aliphatic heterocycles. The molecule has 88 valence electrons. The highest BCUT2D eigenvalue weighted by atomic mass is 19.1. The van der Waals surface area contributed by atoms with E-state index < -0.39 is 0 Å². The van der Waals surface area contributed by atoms with Crippen molar-refractivity contribution >= 4 is 0 Å². The number of rotatable bonds is 4. The Labute approximate surface area is 95.1 Å². The first-order valence-corrected chi connectivity index (χ1v) is 5.78. The van der Waals surface area contributed by atoms with E-state index in [4.69, 9.17) is 4.74 Å². The lowest BCUT2D eigenvalue weighted by molar-refractivity contribution is 0.0893. The molecule has 1 fully saturated rings. The van der Waals surface area contributed by atoms with Crippen molar-refractivity contribution in [2.75, 3.05) is 13.2 Å². The monoisotopic (exact) mass is 224 g/mol. The van der Waals surface area contributed by atoms with Crippen molar-refractivity contribution in [1.82, 2.24) is 0 Å². The molecule has 0 aliphatic carbocycles. The van der Waals surface area contributed by atoms with Crippen molar-refractivity contribution in [3.05, 3.63) is 35.6 Å². The van der Waals surface area contributed by atoms with Crippen LogP contribution in [0.3, 0.4) is 0 Å². The summed E-state index contributed by atoms with van der Waals surface area (Å²) in [5.41, 5.74) is 0.598. The van der Waals surface area contributed by atoms with Gasteiger partial charge in [0.15, 0.2) is 0 Å².